The van der Waals surface area contributed by atoms with Gasteiger partial charge in [-0.25, -0.2) is 0 Å². The van der Waals surface area contributed by atoms with Crippen LogP contribution in [0.3, 0.4) is 0 Å². The summed E-state index contributed by atoms with van der Waals surface area (Å²) in [5.41, 5.74) is 0.319. The number of aromatic nitrogens is 1. The van der Waals surface area contributed by atoms with Crippen molar-refractivity contribution in [1.29, 1.82) is 0 Å². The van der Waals surface area contributed by atoms with Crippen LogP contribution in [0, 0.1) is 0 Å². The van der Waals surface area contributed by atoms with Gasteiger partial charge in [0.15, 0.2) is 0 Å². The molecule has 0 fully saturated rings. The molecule has 0 amide bonds. The van der Waals surface area contributed by atoms with Gasteiger partial charge >= 0.3 is 6.61 Å². The zero-order valence-corrected chi connectivity index (χ0v) is 7.99. The molecule has 0 aliphatic heterocycles. The van der Waals surface area contributed by atoms with Gasteiger partial charge in [-0.15, -0.1) is 24.0 Å². The second-order valence-electron chi connectivity index (χ2n) is 1.96. The Bertz CT molecular complexity index is 260. The average molecular weight is 230 g/mol. The Balaban J connectivity index is 0.00000144. The van der Waals surface area contributed by atoms with E-state index < -0.39 is 6.61 Å². The van der Waals surface area contributed by atoms with E-state index in [4.69, 9.17) is 11.6 Å². The largest absolute Gasteiger partial charge is 0.433 e. The molecule has 74 valence electrons. The molecule has 2 nitrogen and oxygen atoms in total. The van der Waals surface area contributed by atoms with Crippen LogP contribution in [0.2, 0.25) is 0 Å². The Morgan fingerprint density at radius 1 is 1.54 bits per heavy atom. The van der Waals surface area contributed by atoms with E-state index in [2.05, 4.69) is 9.72 Å². The zero-order valence-electron chi connectivity index (χ0n) is 6.41. The van der Waals surface area contributed by atoms with Crippen molar-refractivity contribution in [1.82, 2.24) is 4.98 Å². The number of alkyl halides is 3. The molecule has 0 unspecified atom stereocenters. The maximum Gasteiger partial charge on any atom is 0.387 e. The number of pyridine rings is 1. The predicted octanol–water partition coefficient (Wildman–Crippen LogP) is 2.84. The SMILES string of the molecule is Cl.FC(F)Oc1cccnc1CCl. The first-order chi connectivity index (χ1) is 5.74. The van der Waals surface area contributed by atoms with E-state index in [0.29, 0.717) is 5.69 Å². The summed E-state index contributed by atoms with van der Waals surface area (Å²) in [6.45, 7) is -2.84. The molecule has 0 spiro atoms. The molecule has 6 heteroatoms. The third kappa shape index (κ3) is 3.74. The topological polar surface area (TPSA) is 22.1 Å². The summed E-state index contributed by atoms with van der Waals surface area (Å²) >= 11 is 5.43. The molecule has 0 radical (unpaired) electrons. The van der Waals surface area contributed by atoms with E-state index in [9.17, 15) is 8.78 Å². The van der Waals surface area contributed by atoms with Gasteiger partial charge < -0.3 is 4.74 Å². The number of hydrogen-bond acceptors (Lipinski definition) is 2. The lowest BCUT2D eigenvalue weighted by Gasteiger charge is -2.06. The van der Waals surface area contributed by atoms with E-state index in [-0.39, 0.29) is 24.0 Å². The van der Waals surface area contributed by atoms with Crippen LogP contribution in [-0.4, -0.2) is 11.6 Å². The normalized spacial score (nSPS) is 9.54. The Morgan fingerprint density at radius 2 is 2.23 bits per heavy atom. The van der Waals surface area contributed by atoms with Gasteiger partial charge in [-0.3, -0.25) is 4.98 Å². The highest BCUT2D eigenvalue weighted by atomic mass is 35.5. The third-order valence-electron chi connectivity index (χ3n) is 1.19. The number of nitrogens with zero attached hydrogens (tertiary/aromatic N) is 1. The molecular formula is C7H7Cl2F2NO. The van der Waals surface area contributed by atoms with Crippen molar-refractivity contribution in [3.05, 3.63) is 24.0 Å². The minimum absolute atomic E-state index is 0. The van der Waals surface area contributed by atoms with Gasteiger partial charge in [0.1, 0.15) is 5.75 Å². The quantitative estimate of drug-likeness (QED) is 0.744. The summed E-state index contributed by atoms with van der Waals surface area (Å²) in [5.74, 6) is 0.0885. The Hall–Kier alpha value is -0.610. The molecule has 0 atom stereocenters. The lowest BCUT2D eigenvalue weighted by Crippen LogP contribution is -2.04. The first-order valence-corrected chi connectivity index (χ1v) is 3.72. The number of halogens is 4. The minimum atomic E-state index is -2.84. The molecule has 0 aliphatic carbocycles. The summed E-state index contributed by atoms with van der Waals surface area (Å²) < 4.78 is 27.6. The van der Waals surface area contributed by atoms with E-state index in [1.807, 2.05) is 0 Å². The molecule has 0 N–H and O–H groups in total. The summed E-state index contributed by atoms with van der Waals surface area (Å²) in [6.07, 6.45) is 1.47. The van der Waals surface area contributed by atoms with Gasteiger partial charge in [0, 0.05) is 6.20 Å². The standard InChI is InChI=1S/C7H6ClF2NO.ClH/c8-4-5-6(12-7(9)10)2-1-3-11-5;/h1-3,7H,4H2;1H. The Morgan fingerprint density at radius 3 is 2.77 bits per heavy atom. The van der Waals surface area contributed by atoms with Crippen LogP contribution in [0.25, 0.3) is 0 Å². The second kappa shape index (κ2) is 5.94. The van der Waals surface area contributed by atoms with Crippen LogP contribution in [0.15, 0.2) is 18.3 Å². The van der Waals surface area contributed by atoms with Crippen LogP contribution < -0.4 is 4.74 Å². The molecule has 13 heavy (non-hydrogen) atoms. The minimum Gasteiger partial charge on any atom is -0.433 e. The molecule has 1 rings (SSSR count). The molecule has 0 saturated heterocycles. The van der Waals surface area contributed by atoms with Crippen LogP contribution in [0.4, 0.5) is 8.78 Å². The highest BCUT2D eigenvalue weighted by molar-refractivity contribution is 6.17. The van der Waals surface area contributed by atoms with Crippen molar-refractivity contribution in [2.75, 3.05) is 0 Å². The first-order valence-electron chi connectivity index (χ1n) is 3.18. The molecule has 0 bridgehead atoms. The summed E-state index contributed by atoms with van der Waals surface area (Å²) in [7, 11) is 0. The van der Waals surface area contributed by atoms with Gasteiger partial charge in [-0.2, -0.15) is 8.78 Å². The van der Waals surface area contributed by atoms with Crippen LogP contribution in [-0.2, 0) is 5.88 Å². The fourth-order valence-corrected chi connectivity index (χ4v) is 0.928. The maximum absolute atomic E-state index is 11.7. The van der Waals surface area contributed by atoms with Gasteiger partial charge in [0.2, 0.25) is 0 Å². The van der Waals surface area contributed by atoms with E-state index in [1.54, 1.807) is 0 Å². The number of ether oxygens (including phenoxy) is 1. The summed E-state index contributed by atoms with van der Waals surface area (Å²) in [6, 6.07) is 2.91. The lowest BCUT2D eigenvalue weighted by molar-refractivity contribution is -0.0506. The Labute approximate surface area is 85.3 Å². The molecule has 1 aromatic rings. The van der Waals surface area contributed by atoms with E-state index in [0.717, 1.165) is 0 Å². The molecule has 0 aromatic carbocycles. The predicted molar refractivity (Wildman–Crippen MR) is 47.7 cm³/mol. The first kappa shape index (κ1) is 12.4. The molecule has 1 aromatic heterocycles. The molecule has 1 heterocycles. The van der Waals surface area contributed by atoms with Crippen LogP contribution >= 0.6 is 24.0 Å². The monoisotopic (exact) mass is 229 g/mol. The van der Waals surface area contributed by atoms with Crippen molar-refractivity contribution in [2.24, 2.45) is 0 Å². The highest BCUT2D eigenvalue weighted by Crippen LogP contribution is 2.18. The highest BCUT2D eigenvalue weighted by Gasteiger charge is 2.08. The van der Waals surface area contributed by atoms with Crippen molar-refractivity contribution >= 4 is 24.0 Å². The van der Waals surface area contributed by atoms with Crippen molar-refractivity contribution in [3.63, 3.8) is 0 Å². The van der Waals surface area contributed by atoms with Crippen LogP contribution in [0.1, 0.15) is 5.69 Å². The van der Waals surface area contributed by atoms with Gasteiger partial charge in [0.05, 0.1) is 11.6 Å². The number of rotatable bonds is 3. The van der Waals surface area contributed by atoms with Crippen LogP contribution in [0.5, 0.6) is 5.75 Å². The Kier molecular flexibility index (Phi) is 5.66. The zero-order chi connectivity index (χ0) is 8.97. The second-order valence-corrected chi connectivity index (χ2v) is 2.23. The van der Waals surface area contributed by atoms with Crippen molar-refractivity contribution in [3.8, 4) is 5.75 Å². The molecular weight excluding hydrogens is 223 g/mol. The van der Waals surface area contributed by atoms with Crippen molar-refractivity contribution in [2.45, 2.75) is 12.5 Å². The smallest absolute Gasteiger partial charge is 0.387 e. The van der Waals surface area contributed by atoms with Gasteiger partial charge in [0.25, 0.3) is 0 Å². The van der Waals surface area contributed by atoms with Crippen molar-refractivity contribution < 1.29 is 13.5 Å². The maximum atomic E-state index is 11.7. The third-order valence-corrected chi connectivity index (χ3v) is 1.44. The fourth-order valence-electron chi connectivity index (χ4n) is 0.727. The molecule has 0 aliphatic rings. The lowest BCUT2D eigenvalue weighted by atomic mass is 10.3. The summed E-state index contributed by atoms with van der Waals surface area (Å²) in [5, 5.41) is 0. The van der Waals surface area contributed by atoms with E-state index >= 15 is 0 Å². The van der Waals surface area contributed by atoms with Gasteiger partial charge in [-0.1, -0.05) is 0 Å². The van der Waals surface area contributed by atoms with Gasteiger partial charge in [-0.05, 0) is 12.1 Å². The van der Waals surface area contributed by atoms with E-state index in [1.165, 1.54) is 18.3 Å². The average Bonchev–Trinajstić information content (AvgIpc) is 2.04. The fraction of sp³-hybridized carbons (Fsp3) is 0.286. The molecule has 0 saturated carbocycles. The number of hydrogen-bond donors (Lipinski definition) is 0. The summed E-state index contributed by atoms with van der Waals surface area (Å²) in [4.78, 5) is 3.76.